The van der Waals surface area contributed by atoms with Crippen molar-refractivity contribution in [3.63, 3.8) is 0 Å². The highest BCUT2D eigenvalue weighted by atomic mass is 32.2. The molecule has 0 saturated carbocycles. The lowest BCUT2D eigenvalue weighted by atomic mass is 10.2. The summed E-state index contributed by atoms with van der Waals surface area (Å²) in [5, 5.41) is 0.335. The van der Waals surface area contributed by atoms with Crippen molar-refractivity contribution in [1.29, 1.82) is 0 Å². The maximum absolute atomic E-state index is 13.7. The van der Waals surface area contributed by atoms with Crippen molar-refractivity contribution in [2.45, 2.75) is 36.1 Å². The Kier molecular flexibility index (Phi) is 3.84. The van der Waals surface area contributed by atoms with Gasteiger partial charge >= 0.3 is 0 Å². The van der Waals surface area contributed by atoms with E-state index in [2.05, 4.69) is 0 Å². The van der Waals surface area contributed by atoms with Crippen LogP contribution in [-0.4, -0.2) is 18.0 Å². The van der Waals surface area contributed by atoms with Crippen molar-refractivity contribution < 1.29 is 9.13 Å². The van der Waals surface area contributed by atoms with Crippen LogP contribution in [-0.2, 0) is 11.3 Å². The molecule has 2 N–H and O–H groups in total. The van der Waals surface area contributed by atoms with Gasteiger partial charge in [0.2, 0.25) is 0 Å². The van der Waals surface area contributed by atoms with Gasteiger partial charge in [0.25, 0.3) is 0 Å². The molecule has 1 aliphatic rings. The molecule has 16 heavy (non-hydrogen) atoms. The second-order valence-electron chi connectivity index (χ2n) is 3.95. The Balaban J connectivity index is 2.19. The third-order valence-electron chi connectivity index (χ3n) is 2.84. The number of hydrogen-bond donors (Lipinski definition) is 1. The van der Waals surface area contributed by atoms with E-state index in [4.69, 9.17) is 10.5 Å². The van der Waals surface area contributed by atoms with Crippen LogP contribution in [0.4, 0.5) is 4.39 Å². The minimum absolute atomic E-state index is 0.174. The number of halogens is 1. The zero-order valence-electron chi connectivity index (χ0n) is 9.28. The summed E-state index contributed by atoms with van der Waals surface area (Å²) in [6.07, 6.45) is 1.17. The average molecular weight is 241 g/mol. The summed E-state index contributed by atoms with van der Waals surface area (Å²) in [4.78, 5) is 0.687. The number of thioether (sulfide) groups is 1. The molecule has 2 nitrogen and oxygen atoms in total. The second-order valence-corrected chi connectivity index (χ2v) is 5.20. The molecule has 0 aliphatic carbocycles. The summed E-state index contributed by atoms with van der Waals surface area (Å²) in [7, 11) is 0. The van der Waals surface area contributed by atoms with Crippen LogP contribution in [0.2, 0.25) is 0 Å². The molecule has 0 bridgehead atoms. The first-order valence-corrected chi connectivity index (χ1v) is 6.36. The maximum atomic E-state index is 13.7. The summed E-state index contributed by atoms with van der Waals surface area (Å²) < 4.78 is 19.2. The van der Waals surface area contributed by atoms with Crippen molar-refractivity contribution in [3.8, 4) is 0 Å². The van der Waals surface area contributed by atoms with Crippen LogP contribution in [0.3, 0.4) is 0 Å². The number of benzene rings is 1. The highest BCUT2D eigenvalue weighted by Gasteiger charge is 2.26. The fourth-order valence-electron chi connectivity index (χ4n) is 1.86. The van der Waals surface area contributed by atoms with Crippen molar-refractivity contribution >= 4 is 11.8 Å². The van der Waals surface area contributed by atoms with Gasteiger partial charge in [0.15, 0.2) is 0 Å². The van der Waals surface area contributed by atoms with E-state index in [0.29, 0.717) is 16.7 Å². The highest BCUT2D eigenvalue weighted by Crippen LogP contribution is 2.35. The molecule has 0 radical (unpaired) electrons. The maximum Gasteiger partial charge on any atom is 0.137 e. The number of nitrogens with two attached hydrogens (primary N) is 1. The zero-order chi connectivity index (χ0) is 11.5. The van der Waals surface area contributed by atoms with E-state index in [-0.39, 0.29) is 11.9 Å². The largest absolute Gasteiger partial charge is 0.377 e. The number of rotatable bonds is 3. The normalized spacial score (nSPS) is 24.9. The van der Waals surface area contributed by atoms with Crippen LogP contribution in [0, 0.1) is 5.82 Å². The van der Waals surface area contributed by atoms with Crippen LogP contribution < -0.4 is 5.73 Å². The number of ether oxygens (including phenoxy) is 1. The third-order valence-corrected chi connectivity index (χ3v) is 4.46. The van der Waals surface area contributed by atoms with Gasteiger partial charge in [-0.25, -0.2) is 4.39 Å². The van der Waals surface area contributed by atoms with Gasteiger partial charge in [-0.05, 0) is 25.0 Å². The minimum Gasteiger partial charge on any atom is -0.377 e. The topological polar surface area (TPSA) is 35.2 Å². The quantitative estimate of drug-likeness (QED) is 0.883. The van der Waals surface area contributed by atoms with Crippen LogP contribution >= 0.6 is 11.8 Å². The molecule has 4 heteroatoms. The molecular formula is C12H16FNOS. The molecule has 1 aromatic rings. The monoisotopic (exact) mass is 241 g/mol. The average Bonchev–Trinajstić information content (AvgIpc) is 2.67. The van der Waals surface area contributed by atoms with Gasteiger partial charge in [-0.1, -0.05) is 12.1 Å². The van der Waals surface area contributed by atoms with Crippen LogP contribution in [0.25, 0.3) is 0 Å². The van der Waals surface area contributed by atoms with Gasteiger partial charge in [0, 0.05) is 23.3 Å². The zero-order valence-corrected chi connectivity index (χ0v) is 10.1. The van der Waals surface area contributed by atoms with E-state index < -0.39 is 0 Å². The van der Waals surface area contributed by atoms with Gasteiger partial charge in [-0.3, -0.25) is 0 Å². The summed E-state index contributed by atoms with van der Waals surface area (Å²) in [5.41, 5.74) is 6.50. The fraction of sp³-hybridized carbons (Fsp3) is 0.500. The molecular weight excluding hydrogens is 225 g/mol. The molecule has 0 spiro atoms. The van der Waals surface area contributed by atoms with Gasteiger partial charge in [-0.2, -0.15) is 0 Å². The molecule has 2 unspecified atom stereocenters. The Morgan fingerprint density at radius 2 is 2.38 bits per heavy atom. The molecule has 1 aliphatic heterocycles. The Morgan fingerprint density at radius 3 is 3.00 bits per heavy atom. The summed E-state index contributed by atoms with van der Waals surface area (Å²) in [5.74, 6) is -0.174. The molecule has 0 aromatic heterocycles. The molecule has 2 atom stereocenters. The fourth-order valence-corrected chi connectivity index (χ4v) is 3.13. The van der Waals surface area contributed by atoms with E-state index in [1.807, 2.05) is 13.0 Å². The lowest BCUT2D eigenvalue weighted by molar-refractivity contribution is 0.127. The molecule has 88 valence electrons. The van der Waals surface area contributed by atoms with Crippen molar-refractivity contribution in [1.82, 2.24) is 0 Å². The summed E-state index contributed by atoms with van der Waals surface area (Å²) in [6, 6.07) is 5.07. The first-order chi connectivity index (χ1) is 7.72. The van der Waals surface area contributed by atoms with Gasteiger partial charge in [0.05, 0.1) is 6.10 Å². The third kappa shape index (κ3) is 2.39. The van der Waals surface area contributed by atoms with E-state index >= 15 is 0 Å². The van der Waals surface area contributed by atoms with E-state index in [1.54, 1.807) is 17.8 Å². The van der Waals surface area contributed by atoms with E-state index in [9.17, 15) is 4.39 Å². The number of hydrogen-bond acceptors (Lipinski definition) is 3. The SMILES string of the molecule is CC1OCCC1Sc1c(F)cccc1CN. The minimum atomic E-state index is -0.174. The summed E-state index contributed by atoms with van der Waals surface area (Å²) >= 11 is 1.56. The molecule has 1 fully saturated rings. The highest BCUT2D eigenvalue weighted by molar-refractivity contribution is 8.00. The molecule has 1 heterocycles. The molecule has 1 saturated heterocycles. The van der Waals surface area contributed by atoms with E-state index in [1.165, 1.54) is 6.07 Å². The smallest absolute Gasteiger partial charge is 0.137 e. The van der Waals surface area contributed by atoms with Crippen molar-refractivity contribution in [2.24, 2.45) is 5.73 Å². The predicted octanol–water partition coefficient (Wildman–Crippen LogP) is 2.55. The second kappa shape index (κ2) is 5.17. The molecule has 2 rings (SSSR count). The molecule has 1 aromatic carbocycles. The lowest BCUT2D eigenvalue weighted by Gasteiger charge is -2.16. The standard InChI is InChI=1S/C12H16FNOS/c1-8-11(5-6-15-8)16-12-9(7-14)3-2-4-10(12)13/h2-4,8,11H,5-7,14H2,1H3. The summed E-state index contributed by atoms with van der Waals surface area (Å²) in [6.45, 7) is 3.18. The van der Waals surface area contributed by atoms with Crippen molar-refractivity contribution in [3.05, 3.63) is 29.6 Å². The predicted molar refractivity (Wildman–Crippen MR) is 64.0 cm³/mol. The van der Waals surface area contributed by atoms with Gasteiger partial charge in [0.1, 0.15) is 5.82 Å². The Bertz CT molecular complexity index is 372. The lowest BCUT2D eigenvalue weighted by Crippen LogP contribution is -2.14. The van der Waals surface area contributed by atoms with Crippen LogP contribution in [0.15, 0.2) is 23.1 Å². The van der Waals surface area contributed by atoms with Crippen molar-refractivity contribution in [2.75, 3.05) is 6.61 Å². The van der Waals surface area contributed by atoms with Crippen LogP contribution in [0.5, 0.6) is 0 Å². The van der Waals surface area contributed by atoms with Crippen LogP contribution in [0.1, 0.15) is 18.9 Å². The Labute approximate surface area is 99.4 Å². The Hall–Kier alpha value is -0.580. The Morgan fingerprint density at radius 1 is 1.56 bits per heavy atom. The molecule has 0 amide bonds. The first kappa shape index (κ1) is 11.9. The first-order valence-electron chi connectivity index (χ1n) is 5.48. The van der Waals surface area contributed by atoms with Gasteiger partial charge in [-0.15, -0.1) is 11.8 Å². The van der Waals surface area contributed by atoms with E-state index in [0.717, 1.165) is 18.6 Å². The van der Waals surface area contributed by atoms with Gasteiger partial charge < -0.3 is 10.5 Å².